The van der Waals surface area contributed by atoms with Gasteiger partial charge in [0.2, 0.25) is 5.88 Å². The van der Waals surface area contributed by atoms with Crippen LogP contribution in [0.1, 0.15) is 18.2 Å². The second kappa shape index (κ2) is 7.18. The first-order chi connectivity index (χ1) is 8.56. The summed E-state index contributed by atoms with van der Waals surface area (Å²) in [5.74, 6) is 0.808. The molecule has 0 saturated heterocycles. The summed E-state index contributed by atoms with van der Waals surface area (Å²) in [4.78, 5) is 0. The third-order valence-corrected chi connectivity index (χ3v) is 2.56. The normalized spacial score (nSPS) is 10.7. The van der Waals surface area contributed by atoms with E-state index in [4.69, 9.17) is 9.47 Å². The quantitative estimate of drug-likeness (QED) is 0.562. The molecule has 0 amide bonds. The molecule has 0 saturated carbocycles. The van der Waals surface area contributed by atoms with E-state index in [1.54, 1.807) is 11.8 Å². The Morgan fingerprint density at radius 2 is 2.22 bits per heavy atom. The largest absolute Gasteiger partial charge is 0.481 e. The van der Waals surface area contributed by atoms with Crippen molar-refractivity contribution >= 4 is 0 Å². The van der Waals surface area contributed by atoms with Crippen molar-refractivity contribution in [1.82, 2.24) is 15.1 Å². The summed E-state index contributed by atoms with van der Waals surface area (Å²) in [6.45, 7) is 10.6. The lowest BCUT2D eigenvalue weighted by molar-refractivity contribution is 0.157. The van der Waals surface area contributed by atoms with E-state index >= 15 is 0 Å². The molecule has 0 aliphatic heterocycles. The number of ether oxygens (including phenoxy) is 2. The summed E-state index contributed by atoms with van der Waals surface area (Å²) in [7, 11) is 3.54. The van der Waals surface area contributed by atoms with E-state index in [-0.39, 0.29) is 0 Å². The minimum absolute atomic E-state index is 0.622. The predicted octanol–water partition coefficient (Wildman–Crippen LogP) is 1.42. The molecule has 1 rings (SSSR count). The smallest absolute Gasteiger partial charge is 0.216 e. The van der Waals surface area contributed by atoms with Crippen LogP contribution in [-0.4, -0.2) is 36.6 Å². The van der Waals surface area contributed by atoms with Crippen molar-refractivity contribution in [2.75, 3.05) is 26.9 Å². The molecule has 5 nitrogen and oxygen atoms in total. The van der Waals surface area contributed by atoms with Crippen LogP contribution >= 0.6 is 0 Å². The highest BCUT2D eigenvalue weighted by atomic mass is 16.5. The van der Waals surface area contributed by atoms with E-state index in [0.29, 0.717) is 13.2 Å². The topological polar surface area (TPSA) is 48.3 Å². The van der Waals surface area contributed by atoms with Gasteiger partial charge in [0.1, 0.15) is 0 Å². The lowest BCUT2D eigenvalue weighted by Crippen LogP contribution is -2.20. The van der Waals surface area contributed by atoms with Crippen LogP contribution in [0.15, 0.2) is 12.2 Å². The molecule has 1 heterocycles. The Bertz CT molecular complexity index is 399. The van der Waals surface area contributed by atoms with Crippen LogP contribution in [0.4, 0.5) is 0 Å². The zero-order valence-corrected chi connectivity index (χ0v) is 11.7. The number of hydrogen-bond acceptors (Lipinski definition) is 4. The van der Waals surface area contributed by atoms with Crippen LogP contribution in [0.5, 0.6) is 5.88 Å². The Hall–Kier alpha value is -1.33. The highest BCUT2D eigenvalue weighted by molar-refractivity contribution is 5.30. The molecule has 0 unspecified atom stereocenters. The van der Waals surface area contributed by atoms with Gasteiger partial charge in [-0.2, -0.15) is 5.10 Å². The van der Waals surface area contributed by atoms with Crippen molar-refractivity contribution in [1.29, 1.82) is 0 Å². The molecule has 18 heavy (non-hydrogen) atoms. The minimum atomic E-state index is 0.622. The average molecular weight is 253 g/mol. The molecule has 0 atom stereocenters. The van der Waals surface area contributed by atoms with Crippen LogP contribution in [0.3, 0.4) is 0 Å². The van der Waals surface area contributed by atoms with Gasteiger partial charge in [0, 0.05) is 20.1 Å². The number of nitrogens with zero attached hydrogens (tertiary/aromatic N) is 2. The highest BCUT2D eigenvalue weighted by Crippen LogP contribution is 2.20. The second-order valence-electron chi connectivity index (χ2n) is 4.38. The Balaban J connectivity index is 2.33. The lowest BCUT2D eigenvalue weighted by atomic mass is 10.2. The Morgan fingerprint density at radius 3 is 2.83 bits per heavy atom. The van der Waals surface area contributed by atoms with Crippen LogP contribution in [0, 0.1) is 6.92 Å². The van der Waals surface area contributed by atoms with E-state index in [1.807, 2.05) is 20.9 Å². The molecule has 0 bridgehead atoms. The Kier molecular flexibility index (Phi) is 5.88. The van der Waals surface area contributed by atoms with Crippen LogP contribution in [-0.2, 0) is 18.3 Å². The van der Waals surface area contributed by atoms with Gasteiger partial charge in [-0.05, 0) is 13.8 Å². The van der Waals surface area contributed by atoms with Gasteiger partial charge in [-0.15, -0.1) is 0 Å². The minimum Gasteiger partial charge on any atom is -0.481 e. The number of hydrogen-bond donors (Lipinski definition) is 1. The van der Waals surface area contributed by atoms with Crippen LogP contribution < -0.4 is 10.1 Å². The molecule has 0 aliphatic carbocycles. The van der Waals surface area contributed by atoms with Crippen molar-refractivity contribution in [2.45, 2.75) is 20.4 Å². The summed E-state index contributed by atoms with van der Waals surface area (Å²) < 4.78 is 12.5. The molecule has 0 aliphatic rings. The van der Waals surface area contributed by atoms with Gasteiger partial charge in [0.25, 0.3) is 0 Å². The maximum absolute atomic E-state index is 5.41. The standard InChI is InChI=1S/C13H23N3O2/c1-10(2)9-18-7-6-14-8-12-11(3)15-16(4)13(12)17-5/h14H,1,6-9H2,2-5H3. The molecular weight excluding hydrogens is 230 g/mol. The fourth-order valence-electron chi connectivity index (χ4n) is 1.74. The third kappa shape index (κ3) is 4.16. The summed E-state index contributed by atoms with van der Waals surface area (Å²) in [5, 5.41) is 7.65. The van der Waals surface area contributed by atoms with Crippen LogP contribution in [0.25, 0.3) is 0 Å². The number of nitrogens with one attached hydrogen (secondary N) is 1. The zero-order valence-electron chi connectivity index (χ0n) is 11.7. The van der Waals surface area contributed by atoms with Gasteiger partial charge in [-0.1, -0.05) is 12.2 Å². The molecule has 1 aromatic heterocycles. The Morgan fingerprint density at radius 1 is 1.50 bits per heavy atom. The van der Waals surface area contributed by atoms with E-state index in [1.165, 1.54) is 0 Å². The maximum Gasteiger partial charge on any atom is 0.216 e. The molecule has 1 aromatic rings. The van der Waals surface area contributed by atoms with Crippen molar-refractivity contribution in [3.8, 4) is 5.88 Å². The van der Waals surface area contributed by atoms with Crippen molar-refractivity contribution in [2.24, 2.45) is 7.05 Å². The lowest BCUT2D eigenvalue weighted by Gasteiger charge is -2.07. The highest BCUT2D eigenvalue weighted by Gasteiger charge is 2.12. The zero-order chi connectivity index (χ0) is 13.5. The first-order valence-electron chi connectivity index (χ1n) is 6.05. The van der Waals surface area contributed by atoms with Gasteiger partial charge in [0.15, 0.2) is 0 Å². The number of methoxy groups -OCH3 is 1. The SMILES string of the molecule is C=C(C)COCCNCc1c(C)nn(C)c1OC. The van der Waals surface area contributed by atoms with E-state index < -0.39 is 0 Å². The molecule has 0 fully saturated rings. The number of aryl methyl sites for hydroxylation is 2. The molecule has 0 spiro atoms. The molecule has 5 heteroatoms. The summed E-state index contributed by atoms with van der Waals surface area (Å²) in [6, 6.07) is 0. The maximum atomic E-state index is 5.41. The first kappa shape index (κ1) is 14.7. The van der Waals surface area contributed by atoms with Gasteiger partial charge in [-0.3, -0.25) is 0 Å². The van der Waals surface area contributed by atoms with Crippen LogP contribution in [0.2, 0.25) is 0 Å². The van der Waals surface area contributed by atoms with Gasteiger partial charge < -0.3 is 14.8 Å². The van der Waals surface area contributed by atoms with Gasteiger partial charge in [-0.25, -0.2) is 4.68 Å². The summed E-state index contributed by atoms with van der Waals surface area (Å²) >= 11 is 0. The average Bonchev–Trinajstić information content (AvgIpc) is 2.57. The summed E-state index contributed by atoms with van der Waals surface area (Å²) in [6.07, 6.45) is 0. The number of rotatable bonds is 8. The Labute approximate surface area is 109 Å². The van der Waals surface area contributed by atoms with E-state index in [0.717, 1.165) is 35.8 Å². The third-order valence-electron chi connectivity index (χ3n) is 2.56. The monoisotopic (exact) mass is 253 g/mol. The van der Waals surface area contributed by atoms with Crippen molar-refractivity contribution < 1.29 is 9.47 Å². The predicted molar refractivity (Wildman–Crippen MR) is 71.8 cm³/mol. The summed E-state index contributed by atoms with van der Waals surface area (Å²) in [5.41, 5.74) is 3.13. The molecule has 102 valence electrons. The molecule has 0 radical (unpaired) electrons. The van der Waals surface area contributed by atoms with E-state index in [2.05, 4.69) is 17.0 Å². The fraction of sp³-hybridized carbons (Fsp3) is 0.615. The first-order valence-corrected chi connectivity index (χ1v) is 6.05. The second-order valence-corrected chi connectivity index (χ2v) is 4.38. The number of aromatic nitrogens is 2. The van der Waals surface area contributed by atoms with Gasteiger partial charge in [0.05, 0.1) is 31.6 Å². The van der Waals surface area contributed by atoms with Crippen molar-refractivity contribution in [3.63, 3.8) is 0 Å². The fourth-order valence-corrected chi connectivity index (χ4v) is 1.74. The molecule has 0 aromatic carbocycles. The molecule has 1 N–H and O–H groups in total. The molecular formula is C13H23N3O2. The van der Waals surface area contributed by atoms with E-state index in [9.17, 15) is 0 Å². The van der Waals surface area contributed by atoms with Gasteiger partial charge >= 0.3 is 0 Å². The van der Waals surface area contributed by atoms with Crippen molar-refractivity contribution in [3.05, 3.63) is 23.4 Å².